The molecule has 0 radical (unpaired) electrons. The summed E-state index contributed by atoms with van der Waals surface area (Å²) in [5, 5.41) is 2.10. The maximum atomic E-state index is 12.9. The maximum Gasteiger partial charge on any atom is 0.416 e. The fourth-order valence-corrected chi connectivity index (χ4v) is 4.38. The minimum atomic E-state index is -4.52. The first-order chi connectivity index (χ1) is 15.1. The molecule has 11 heteroatoms. The van der Waals surface area contributed by atoms with Gasteiger partial charge in [0.15, 0.2) is 0 Å². The number of hydrogen-bond acceptors (Lipinski definition) is 5. The van der Waals surface area contributed by atoms with Crippen LogP contribution in [0, 0.1) is 0 Å². The Balaban J connectivity index is 1.45. The zero-order valence-electron chi connectivity index (χ0n) is 16.7. The molecule has 1 aliphatic heterocycles. The predicted octanol–water partition coefficient (Wildman–Crippen LogP) is 3.40. The summed E-state index contributed by atoms with van der Waals surface area (Å²) in [5.41, 5.74) is -0.597. The number of aromatic nitrogens is 2. The summed E-state index contributed by atoms with van der Waals surface area (Å²) in [6.07, 6.45) is -4.68. The van der Waals surface area contributed by atoms with E-state index in [1.165, 1.54) is 18.0 Å². The number of nitrogens with one attached hydrogen (secondary N) is 2. The van der Waals surface area contributed by atoms with Gasteiger partial charge in [0.05, 0.1) is 33.9 Å². The molecule has 0 saturated heterocycles. The van der Waals surface area contributed by atoms with Crippen LogP contribution in [0.15, 0.2) is 52.2 Å². The number of carbonyl (C=O) groups is 2. The quantitative estimate of drug-likeness (QED) is 0.620. The Labute approximate surface area is 184 Å². The van der Waals surface area contributed by atoms with E-state index in [0.29, 0.717) is 21.6 Å². The summed E-state index contributed by atoms with van der Waals surface area (Å²) in [5.74, 6) is -0.611. The molecular formula is C21H17F3N4O3S. The maximum absolute atomic E-state index is 12.9. The Morgan fingerprint density at radius 3 is 2.69 bits per heavy atom. The minimum absolute atomic E-state index is 0.0312. The van der Waals surface area contributed by atoms with Gasteiger partial charge in [-0.3, -0.25) is 14.4 Å². The Kier molecular flexibility index (Phi) is 5.68. The highest BCUT2D eigenvalue weighted by atomic mass is 32.2. The number of H-pyrrole nitrogens is 1. The fraction of sp³-hybridized carbons (Fsp3) is 0.238. The topological polar surface area (TPSA) is 95.2 Å². The third-order valence-electron chi connectivity index (χ3n) is 4.96. The summed E-state index contributed by atoms with van der Waals surface area (Å²) >= 11 is 1.04. The lowest BCUT2D eigenvalue weighted by molar-refractivity contribution is -0.137. The van der Waals surface area contributed by atoms with Gasteiger partial charge in [0.1, 0.15) is 5.82 Å². The van der Waals surface area contributed by atoms with E-state index in [0.717, 1.165) is 23.9 Å². The first-order valence-corrected chi connectivity index (χ1v) is 10.4. The lowest BCUT2D eigenvalue weighted by Crippen LogP contribution is -2.36. The van der Waals surface area contributed by atoms with Crippen LogP contribution in [0.1, 0.15) is 17.8 Å². The van der Waals surface area contributed by atoms with E-state index >= 15 is 0 Å². The van der Waals surface area contributed by atoms with E-state index in [1.807, 2.05) is 0 Å². The van der Waals surface area contributed by atoms with Gasteiger partial charge in [-0.1, -0.05) is 12.1 Å². The van der Waals surface area contributed by atoms with Crippen LogP contribution < -0.4 is 10.9 Å². The van der Waals surface area contributed by atoms with Crippen LogP contribution in [0.4, 0.5) is 18.9 Å². The largest absolute Gasteiger partial charge is 0.416 e. The molecule has 0 saturated carbocycles. The molecule has 2 aromatic carbocycles. The molecule has 2 N–H and O–H groups in total. The third kappa shape index (κ3) is 4.47. The number of carbonyl (C=O) groups excluding carboxylic acids is 2. The van der Waals surface area contributed by atoms with Crippen LogP contribution in [0.25, 0.3) is 10.9 Å². The highest BCUT2D eigenvalue weighted by Crippen LogP contribution is 2.40. The van der Waals surface area contributed by atoms with Gasteiger partial charge in [0, 0.05) is 18.4 Å². The number of nitrogens with zero attached hydrogens (tertiary/aromatic N) is 2. The number of para-hydroxylation sites is 1. The van der Waals surface area contributed by atoms with Crippen molar-refractivity contribution in [1.82, 2.24) is 14.9 Å². The lowest BCUT2D eigenvalue weighted by Gasteiger charge is -2.26. The molecular weight excluding hydrogens is 445 g/mol. The SMILES string of the molecule is CN(Cc1nc2ccccc2c(=O)[nH]1)C(=O)C[C@@H]1Sc2ccc(C(F)(F)F)cc2NC1=O. The van der Waals surface area contributed by atoms with Crippen molar-refractivity contribution < 1.29 is 22.8 Å². The second kappa shape index (κ2) is 8.30. The van der Waals surface area contributed by atoms with E-state index in [2.05, 4.69) is 15.3 Å². The van der Waals surface area contributed by atoms with Crippen LogP contribution in [0.2, 0.25) is 0 Å². The normalized spacial score (nSPS) is 15.9. The van der Waals surface area contributed by atoms with Gasteiger partial charge in [-0.25, -0.2) is 4.98 Å². The van der Waals surface area contributed by atoms with Crippen molar-refractivity contribution in [3.8, 4) is 0 Å². The van der Waals surface area contributed by atoms with Crippen LogP contribution in [0.3, 0.4) is 0 Å². The molecule has 1 aliphatic rings. The second-order valence-electron chi connectivity index (χ2n) is 7.29. The van der Waals surface area contributed by atoms with Crippen molar-refractivity contribution in [3.63, 3.8) is 0 Å². The molecule has 166 valence electrons. The van der Waals surface area contributed by atoms with Crippen LogP contribution >= 0.6 is 11.8 Å². The van der Waals surface area contributed by atoms with Crippen molar-refractivity contribution in [2.75, 3.05) is 12.4 Å². The number of thioether (sulfide) groups is 1. The Hall–Kier alpha value is -3.34. The zero-order valence-corrected chi connectivity index (χ0v) is 17.5. The van der Waals surface area contributed by atoms with E-state index < -0.39 is 22.9 Å². The molecule has 3 aromatic rings. The molecule has 0 aliphatic carbocycles. The van der Waals surface area contributed by atoms with E-state index in [1.54, 1.807) is 24.3 Å². The van der Waals surface area contributed by atoms with E-state index in [-0.39, 0.29) is 30.1 Å². The smallest absolute Gasteiger partial charge is 0.338 e. The number of fused-ring (bicyclic) bond motifs is 2. The summed E-state index contributed by atoms with van der Waals surface area (Å²) in [4.78, 5) is 46.0. The first kappa shape index (κ1) is 21.9. The minimum Gasteiger partial charge on any atom is -0.338 e. The van der Waals surface area contributed by atoms with Crippen LogP contribution in [-0.2, 0) is 22.3 Å². The monoisotopic (exact) mass is 462 g/mol. The van der Waals surface area contributed by atoms with Crippen molar-refractivity contribution in [2.24, 2.45) is 0 Å². The number of aromatic amines is 1. The highest BCUT2D eigenvalue weighted by molar-refractivity contribution is 8.01. The van der Waals surface area contributed by atoms with Gasteiger partial charge >= 0.3 is 6.18 Å². The highest BCUT2D eigenvalue weighted by Gasteiger charge is 2.34. The summed E-state index contributed by atoms with van der Waals surface area (Å²) < 4.78 is 38.7. The molecule has 1 aromatic heterocycles. The fourth-order valence-electron chi connectivity index (χ4n) is 3.30. The number of hydrogen-bond donors (Lipinski definition) is 2. The Morgan fingerprint density at radius 1 is 1.19 bits per heavy atom. The number of halogens is 3. The molecule has 0 bridgehead atoms. The number of amides is 2. The molecule has 7 nitrogen and oxygen atoms in total. The van der Waals surface area contributed by atoms with E-state index in [9.17, 15) is 27.6 Å². The molecule has 2 heterocycles. The molecule has 1 atom stereocenters. The molecule has 0 spiro atoms. The van der Waals surface area contributed by atoms with Gasteiger partial charge in [-0.15, -0.1) is 11.8 Å². The summed E-state index contributed by atoms with van der Waals surface area (Å²) in [6.45, 7) is 0.0312. The van der Waals surface area contributed by atoms with Gasteiger partial charge < -0.3 is 15.2 Å². The molecule has 4 rings (SSSR count). The Bertz CT molecular complexity index is 1280. The standard InChI is InChI=1S/C21H17F3N4O3S/c1-28(10-17-25-13-5-3-2-4-12(13)19(30)27-17)18(29)9-16-20(31)26-14-8-11(21(22,23)24)6-7-15(14)32-16/h2-8,16H,9-10H2,1H3,(H,26,31)(H,25,27,30)/t16-/m0/s1. The average molecular weight is 462 g/mol. The molecule has 0 unspecified atom stereocenters. The van der Waals surface area contributed by atoms with Crippen molar-refractivity contribution >= 4 is 40.2 Å². The molecule has 0 fully saturated rings. The van der Waals surface area contributed by atoms with Crippen LogP contribution in [-0.4, -0.2) is 39.0 Å². The summed E-state index contributed by atoms with van der Waals surface area (Å²) in [7, 11) is 1.52. The predicted molar refractivity (Wildman–Crippen MR) is 113 cm³/mol. The summed E-state index contributed by atoms with van der Waals surface area (Å²) in [6, 6.07) is 9.93. The number of rotatable bonds is 4. The lowest BCUT2D eigenvalue weighted by atomic mass is 10.1. The van der Waals surface area contributed by atoms with Crippen molar-refractivity contribution in [3.05, 3.63) is 64.2 Å². The molecule has 2 amide bonds. The van der Waals surface area contributed by atoms with Gasteiger partial charge in [-0.05, 0) is 30.3 Å². The van der Waals surface area contributed by atoms with E-state index in [4.69, 9.17) is 0 Å². The van der Waals surface area contributed by atoms with Crippen molar-refractivity contribution in [2.45, 2.75) is 29.3 Å². The van der Waals surface area contributed by atoms with Crippen molar-refractivity contribution in [1.29, 1.82) is 0 Å². The third-order valence-corrected chi connectivity index (χ3v) is 6.24. The van der Waals surface area contributed by atoms with Gasteiger partial charge in [-0.2, -0.15) is 13.2 Å². The molecule has 32 heavy (non-hydrogen) atoms. The average Bonchev–Trinajstić information content (AvgIpc) is 2.73. The Morgan fingerprint density at radius 2 is 1.94 bits per heavy atom. The van der Waals surface area contributed by atoms with Crippen LogP contribution in [0.5, 0.6) is 0 Å². The first-order valence-electron chi connectivity index (χ1n) is 9.52. The van der Waals surface area contributed by atoms with Gasteiger partial charge in [0.2, 0.25) is 11.8 Å². The zero-order chi connectivity index (χ0) is 23.0. The second-order valence-corrected chi connectivity index (χ2v) is 8.53. The van der Waals surface area contributed by atoms with Gasteiger partial charge in [0.25, 0.3) is 5.56 Å². The number of benzene rings is 2. The number of alkyl halides is 3. The number of anilines is 1.